The molecule has 1 fully saturated rings. The lowest BCUT2D eigenvalue weighted by Gasteiger charge is -2.33. The fourth-order valence-electron chi connectivity index (χ4n) is 3.84. The minimum Gasteiger partial charge on any atom is -0.357 e. The predicted molar refractivity (Wildman–Crippen MR) is 143 cm³/mol. The molecule has 6 nitrogen and oxygen atoms in total. The van der Waals surface area contributed by atoms with Crippen molar-refractivity contribution in [3.63, 3.8) is 0 Å². The summed E-state index contributed by atoms with van der Waals surface area (Å²) in [6, 6.07) is 20.9. The topological polar surface area (TPSA) is 65.4 Å². The van der Waals surface area contributed by atoms with E-state index in [4.69, 9.17) is 4.99 Å². The Hall–Kier alpha value is -2.68. The minimum atomic E-state index is 0. The van der Waals surface area contributed by atoms with Gasteiger partial charge in [0.05, 0.1) is 12.2 Å². The molecule has 4 rings (SSSR count). The highest BCUT2D eigenvalue weighted by Gasteiger charge is 2.20. The molecule has 1 aliphatic heterocycles. The highest BCUT2D eigenvalue weighted by atomic mass is 127. The van der Waals surface area contributed by atoms with Crippen molar-refractivity contribution in [3.05, 3.63) is 78.6 Å². The van der Waals surface area contributed by atoms with Crippen LogP contribution in [-0.4, -0.2) is 41.6 Å². The molecule has 0 spiro atoms. The Bertz CT molecular complexity index is 972. The number of rotatable bonds is 6. The standard InChI is InChI=1S/C25H30N6.HI/c1-2-26-25(30-22-12-16-31(17-13-22)24-11-4-6-15-28-24)29-19-20-8-7-9-21(18-20)23-10-3-5-14-27-23;/h3-11,14-15,18,22H,2,12-13,16-17,19H2,1H3,(H2,26,29,30);1H. The summed E-state index contributed by atoms with van der Waals surface area (Å²) < 4.78 is 0. The first kappa shape index (κ1) is 24.0. The van der Waals surface area contributed by atoms with E-state index in [1.165, 1.54) is 5.56 Å². The maximum absolute atomic E-state index is 4.84. The van der Waals surface area contributed by atoms with E-state index < -0.39 is 0 Å². The molecular formula is C25H31IN6. The van der Waals surface area contributed by atoms with Crippen LogP contribution in [-0.2, 0) is 6.54 Å². The van der Waals surface area contributed by atoms with Gasteiger partial charge in [0.15, 0.2) is 5.96 Å². The number of anilines is 1. The number of nitrogens with zero attached hydrogens (tertiary/aromatic N) is 4. The number of halogens is 1. The van der Waals surface area contributed by atoms with E-state index in [2.05, 4.69) is 62.8 Å². The quantitative estimate of drug-likeness (QED) is 0.273. The number of aliphatic imine (C=N–C) groups is 1. The Morgan fingerprint density at radius 3 is 2.47 bits per heavy atom. The van der Waals surface area contributed by atoms with Gasteiger partial charge in [0, 0.05) is 43.6 Å². The van der Waals surface area contributed by atoms with Crippen LogP contribution in [0.1, 0.15) is 25.3 Å². The maximum Gasteiger partial charge on any atom is 0.191 e. The summed E-state index contributed by atoms with van der Waals surface area (Å²) >= 11 is 0. The van der Waals surface area contributed by atoms with Crippen LogP contribution in [0.4, 0.5) is 5.82 Å². The molecule has 3 aromatic rings. The van der Waals surface area contributed by atoms with E-state index >= 15 is 0 Å². The van der Waals surface area contributed by atoms with Crippen molar-refractivity contribution in [1.29, 1.82) is 0 Å². The Balaban J connectivity index is 0.00000289. The summed E-state index contributed by atoms with van der Waals surface area (Å²) in [6.07, 6.45) is 5.82. The van der Waals surface area contributed by atoms with Crippen LogP contribution in [0.2, 0.25) is 0 Å². The SMILES string of the molecule is CCNC(=NCc1cccc(-c2ccccn2)c1)NC1CCN(c2ccccn2)CC1.I. The molecule has 32 heavy (non-hydrogen) atoms. The van der Waals surface area contributed by atoms with E-state index in [1.54, 1.807) is 0 Å². The molecule has 1 aromatic carbocycles. The molecule has 2 N–H and O–H groups in total. The number of hydrogen-bond donors (Lipinski definition) is 2. The highest BCUT2D eigenvalue weighted by Crippen LogP contribution is 2.19. The number of nitrogens with one attached hydrogen (secondary N) is 2. The maximum atomic E-state index is 4.84. The molecule has 2 aromatic heterocycles. The minimum absolute atomic E-state index is 0. The Morgan fingerprint density at radius 2 is 1.78 bits per heavy atom. The number of pyridine rings is 2. The summed E-state index contributed by atoms with van der Waals surface area (Å²) in [5.74, 6) is 1.94. The average Bonchev–Trinajstić information content (AvgIpc) is 2.84. The van der Waals surface area contributed by atoms with Crippen molar-refractivity contribution in [2.24, 2.45) is 4.99 Å². The van der Waals surface area contributed by atoms with Gasteiger partial charge in [0.1, 0.15) is 5.82 Å². The number of benzene rings is 1. The molecule has 7 heteroatoms. The van der Waals surface area contributed by atoms with Gasteiger partial charge in [-0.1, -0.05) is 30.3 Å². The normalized spacial score (nSPS) is 14.5. The molecule has 0 saturated carbocycles. The fraction of sp³-hybridized carbons (Fsp3) is 0.320. The third-order valence-corrected chi connectivity index (χ3v) is 5.46. The lowest BCUT2D eigenvalue weighted by atomic mass is 10.1. The predicted octanol–water partition coefficient (Wildman–Crippen LogP) is 4.49. The smallest absolute Gasteiger partial charge is 0.191 e. The molecule has 0 radical (unpaired) electrons. The first-order chi connectivity index (χ1) is 15.3. The molecule has 0 unspecified atom stereocenters. The van der Waals surface area contributed by atoms with Crippen LogP contribution in [0.25, 0.3) is 11.3 Å². The van der Waals surface area contributed by atoms with Gasteiger partial charge in [-0.25, -0.2) is 9.98 Å². The highest BCUT2D eigenvalue weighted by molar-refractivity contribution is 14.0. The summed E-state index contributed by atoms with van der Waals surface area (Å²) in [7, 11) is 0. The van der Waals surface area contributed by atoms with Gasteiger partial charge in [-0.2, -0.15) is 0 Å². The van der Waals surface area contributed by atoms with E-state index in [-0.39, 0.29) is 24.0 Å². The zero-order chi connectivity index (χ0) is 21.3. The van der Waals surface area contributed by atoms with Crippen LogP contribution in [0.3, 0.4) is 0 Å². The van der Waals surface area contributed by atoms with Gasteiger partial charge in [0.2, 0.25) is 0 Å². The molecule has 0 aliphatic carbocycles. The van der Waals surface area contributed by atoms with Crippen molar-refractivity contribution >= 4 is 35.8 Å². The molecule has 1 aliphatic rings. The van der Waals surface area contributed by atoms with Crippen molar-refractivity contribution in [1.82, 2.24) is 20.6 Å². The van der Waals surface area contributed by atoms with E-state index in [1.807, 2.05) is 42.7 Å². The van der Waals surface area contributed by atoms with Gasteiger partial charge in [-0.15, -0.1) is 24.0 Å². The molecule has 0 amide bonds. The third kappa shape index (κ3) is 6.66. The molecule has 3 heterocycles. The molecule has 1 saturated heterocycles. The Morgan fingerprint density at radius 1 is 1.00 bits per heavy atom. The van der Waals surface area contributed by atoms with Crippen LogP contribution in [0.5, 0.6) is 0 Å². The van der Waals surface area contributed by atoms with Crippen LogP contribution >= 0.6 is 24.0 Å². The molecule has 168 valence electrons. The molecule has 0 bridgehead atoms. The van der Waals surface area contributed by atoms with E-state index in [0.29, 0.717) is 12.6 Å². The first-order valence-electron chi connectivity index (χ1n) is 11.0. The van der Waals surface area contributed by atoms with E-state index in [0.717, 1.165) is 55.5 Å². The largest absolute Gasteiger partial charge is 0.357 e. The van der Waals surface area contributed by atoms with Crippen LogP contribution in [0, 0.1) is 0 Å². The van der Waals surface area contributed by atoms with Gasteiger partial charge in [-0.3, -0.25) is 4.98 Å². The number of aromatic nitrogens is 2. The summed E-state index contributed by atoms with van der Waals surface area (Å²) in [6.45, 7) is 5.57. The molecule has 0 atom stereocenters. The van der Waals surface area contributed by atoms with E-state index in [9.17, 15) is 0 Å². The van der Waals surface area contributed by atoms with Crippen LogP contribution in [0.15, 0.2) is 78.0 Å². The lowest BCUT2D eigenvalue weighted by molar-refractivity contribution is 0.459. The van der Waals surface area contributed by atoms with Crippen molar-refractivity contribution in [2.75, 3.05) is 24.5 Å². The average molecular weight is 542 g/mol. The first-order valence-corrected chi connectivity index (χ1v) is 11.0. The zero-order valence-electron chi connectivity index (χ0n) is 18.4. The van der Waals surface area contributed by atoms with Gasteiger partial charge in [0.25, 0.3) is 0 Å². The van der Waals surface area contributed by atoms with Crippen molar-refractivity contribution in [3.8, 4) is 11.3 Å². The summed E-state index contributed by atoms with van der Waals surface area (Å²) in [5.41, 5.74) is 3.27. The number of piperidine rings is 1. The van der Waals surface area contributed by atoms with Gasteiger partial charge >= 0.3 is 0 Å². The fourth-order valence-corrected chi connectivity index (χ4v) is 3.84. The van der Waals surface area contributed by atoms with Crippen molar-refractivity contribution in [2.45, 2.75) is 32.4 Å². The second kappa shape index (κ2) is 12.4. The number of hydrogen-bond acceptors (Lipinski definition) is 4. The second-order valence-corrected chi connectivity index (χ2v) is 7.70. The van der Waals surface area contributed by atoms with Crippen molar-refractivity contribution < 1.29 is 0 Å². The molecular weight excluding hydrogens is 511 g/mol. The summed E-state index contributed by atoms with van der Waals surface area (Å²) in [4.78, 5) is 16.1. The summed E-state index contributed by atoms with van der Waals surface area (Å²) in [5, 5.41) is 7.01. The Labute approximate surface area is 207 Å². The third-order valence-electron chi connectivity index (χ3n) is 5.46. The van der Waals surface area contributed by atoms with Crippen LogP contribution < -0.4 is 15.5 Å². The second-order valence-electron chi connectivity index (χ2n) is 7.70. The van der Waals surface area contributed by atoms with Gasteiger partial charge < -0.3 is 15.5 Å². The number of guanidine groups is 1. The van der Waals surface area contributed by atoms with Gasteiger partial charge in [-0.05, 0) is 55.7 Å². The Kier molecular flexibility index (Phi) is 9.27. The monoisotopic (exact) mass is 542 g/mol. The lowest BCUT2D eigenvalue weighted by Crippen LogP contribution is -2.48. The zero-order valence-corrected chi connectivity index (χ0v) is 20.8.